The number of nitrogens with one attached hydrogen (secondary N) is 2. The molecule has 3 N–H and O–H groups in total. The standard InChI is InChI=1S/C18H24N4O2/c1-11-16(12(2)22-21-11)10-18(24)20-17(14-8-15(23)9-14)7-13-3-5-19-6-4-13/h3-6,14-15,17,23H,7-10H2,1-2H3,(H,20,24)(H,21,22)/t14?,15?,17-/m1/s1. The van der Waals surface area contributed by atoms with Crippen LogP contribution in [0.3, 0.4) is 0 Å². The quantitative estimate of drug-likeness (QED) is 0.749. The molecule has 128 valence electrons. The van der Waals surface area contributed by atoms with E-state index < -0.39 is 0 Å². The van der Waals surface area contributed by atoms with Gasteiger partial charge in [0.2, 0.25) is 5.91 Å². The van der Waals surface area contributed by atoms with E-state index in [0.29, 0.717) is 12.3 Å². The van der Waals surface area contributed by atoms with E-state index in [4.69, 9.17) is 0 Å². The van der Waals surface area contributed by atoms with Crippen LogP contribution in [0.2, 0.25) is 0 Å². The van der Waals surface area contributed by atoms with Crippen LogP contribution in [-0.4, -0.2) is 38.3 Å². The molecule has 1 aliphatic carbocycles. The lowest BCUT2D eigenvalue weighted by Gasteiger charge is -2.38. The number of carbonyl (C=O) groups is 1. The van der Waals surface area contributed by atoms with E-state index in [1.54, 1.807) is 12.4 Å². The molecule has 2 heterocycles. The van der Waals surface area contributed by atoms with Crippen molar-refractivity contribution in [3.63, 3.8) is 0 Å². The molecule has 1 amide bonds. The van der Waals surface area contributed by atoms with Crippen LogP contribution in [0.5, 0.6) is 0 Å². The summed E-state index contributed by atoms with van der Waals surface area (Å²) in [6.07, 6.45) is 5.89. The van der Waals surface area contributed by atoms with Crippen molar-refractivity contribution in [2.24, 2.45) is 5.92 Å². The van der Waals surface area contributed by atoms with Crippen molar-refractivity contribution in [2.45, 2.75) is 51.7 Å². The number of aromatic amines is 1. The minimum absolute atomic E-state index is 0.00282. The monoisotopic (exact) mass is 328 g/mol. The predicted molar refractivity (Wildman–Crippen MR) is 90.4 cm³/mol. The van der Waals surface area contributed by atoms with Gasteiger partial charge in [0, 0.05) is 29.7 Å². The SMILES string of the molecule is Cc1n[nH]c(C)c1CC(=O)N[C@H](Cc1ccncc1)C1CC(O)C1. The van der Waals surface area contributed by atoms with Crippen LogP contribution in [0.4, 0.5) is 0 Å². The first kappa shape index (κ1) is 16.6. The fourth-order valence-electron chi connectivity index (χ4n) is 3.32. The lowest BCUT2D eigenvalue weighted by Crippen LogP contribution is -2.48. The molecule has 1 saturated carbocycles. The summed E-state index contributed by atoms with van der Waals surface area (Å²) >= 11 is 0. The number of hydrogen-bond acceptors (Lipinski definition) is 4. The van der Waals surface area contributed by atoms with Gasteiger partial charge in [-0.05, 0) is 56.7 Å². The Morgan fingerprint density at radius 2 is 2.08 bits per heavy atom. The van der Waals surface area contributed by atoms with Gasteiger partial charge >= 0.3 is 0 Å². The minimum Gasteiger partial charge on any atom is -0.393 e. The van der Waals surface area contributed by atoms with Gasteiger partial charge in [0.25, 0.3) is 0 Å². The highest BCUT2D eigenvalue weighted by molar-refractivity contribution is 5.79. The molecule has 2 aromatic rings. The van der Waals surface area contributed by atoms with Crippen LogP contribution >= 0.6 is 0 Å². The third kappa shape index (κ3) is 3.82. The van der Waals surface area contributed by atoms with Crippen molar-refractivity contribution in [1.29, 1.82) is 0 Å². The summed E-state index contributed by atoms with van der Waals surface area (Å²) in [6, 6.07) is 3.98. The molecule has 1 atom stereocenters. The molecule has 6 nitrogen and oxygen atoms in total. The van der Waals surface area contributed by atoms with E-state index in [9.17, 15) is 9.90 Å². The number of aliphatic hydroxyl groups is 1. The van der Waals surface area contributed by atoms with Crippen LogP contribution in [0.15, 0.2) is 24.5 Å². The van der Waals surface area contributed by atoms with E-state index in [-0.39, 0.29) is 18.1 Å². The van der Waals surface area contributed by atoms with Gasteiger partial charge in [-0.25, -0.2) is 0 Å². The second-order valence-electron chi connectivity index (χ2n) is 6.71. The highest BCUT2D eigenvalue weighted by Gasteiger charge is 2.34. The number of aryl methyl sites for hydroxylation is 2. The number of H-pyrrole nitrogens is 1. The Morgan fingerprint density at radius 1 is 1.38 bits per heavy atom. The van der Waals surface area contributed by atoms with Gasteiger partial charge in [0.1, 0.15) is 0 Å². The predicted octanol–water partition coefficient (Wildman–Crippen LogP) is 1.46. The Bertz CT molecular complexity index is 673. The van der Waals surface area contributed by atoms with E-state index in [1.165, 1.54) is 0 Å². The average Bonchev–Trinajstić information content (AvgIpc) is 2.84. The molecule has 0 saturated heterocycles. The van der Waals surface area contributed by atoms with Gasteiger partial charge in [0.05, 0.1) is 18.2 Å². The second kappa shape index (κ2) is 7.13. The Kier molecular flexibility index (Phi) is 4.94. The van der Waals surface area contributed by atoms with E-state index >= 15 is 0 Å². The number of hydrogen-bond donors (Lipinski definition) is 3. The summed E-state index contributed by atoms with van der Waals surface area (Å²) in [4.78, 5) is 16.6. The third-order valence-corrected chi connectivity index (χ3v) is 4.89. The van der Waals surface area contributed by atoms with Gasteiger partial charge in [0.15, 0.2) is 0 Å². The fraction of sp³-hybridized carbons (Fsp3) is 0.500. The zero-order valence-corrected chi connectivity index (χ0v) is 14.1. The summed E-state index contributed by atoms with van der Waals surface area (Å²) in [5.41, 5.74) is 3.91. The van der Waals surface area contributed by atoms with Gasteiger partial charge in [-0.3, -0.25) is 14.9 Å². The van der Waals surface area contributed by atoms with E-state index in [1.807, 2.05) is 26.0 Å². The molecule has 1 aliphatic rings. The molecule has 1 fully saturated rings. The molecular weight excluding hydrogens is 304 g/mol. The molecule has 0 spiro atoms. The van der Waals surface area contributed by atoms with Crippen LogP contribution < -0.4 is 5.32 Å². The number of pyridine rings is 1. The highest BCUT2D eigenvalue weighted by Crippen LogP contribution is 2.31. The van der Waals surface area contributed by atoms with Crippen molar-refractivity contribution in [3.8, 4) is 0 Å². The maximum atomic E-state index is 12.5. The first-order valence-electron chi connectivity index (χ1n) is 8.39. The third-order valence-electron chi connectivity index (χ3n) is 4.89. The number of rotatable bonds is 6. The Labute approximate surface area is 141 Å². The first-order valence-corrected chi connectivity index (χ1v) is 8.39. The minimum atomic E-state index is -0.231. The van der Waals surface area contributed by atoms with Gasteiger partial charge in [-0.2, -0.15) is 5.10 Å². The Hall–Kier alpha value is -2.21. The first-order chi connectivity index (χ1) is 11.5. The molecular formula is C18H24N4O2. The van der Waals surface area contributed by atoms with Crippen molar-refractivity contribution in [1.82, 2.24) is 20.5 Å². The number of carbonyl (C=O) groups excluding carboxylic acids is 1. The van der Waals surface area contributed by atoms with E-state index in [2.05, 4.69) is 20.5 Å². The van der Waals surface area contributed by atoms with Gasteiger partial charge in [-0.15, -0.1) is 0 Å². The summed E-state index contributed by atoms with van der Waals surface area (Å²) in [5, 5.41) is 19.8. The van der Waals surface area contributed by atoms with Crippen molar-refractivity contribution in [2.75, 3.05) is 0 Å². The molecule has 3 rings (SSSR count). The second-order valence-corrected chi connectivity index (χ2v) is 6.71. The molecule has 0 aliphatic heterocycles. The van der Waals surface area contributed by atoms with Gasteiger partial charge < -0.3 is 10.4 Å². The summed E-state index contributed by atoms with van der Waals surface area (Å²) in [7, 11) is 0. The lowest BCUT2D eigenvalue weighted by atomic mass is 9.75. The van der Waals surface area contributed by atoms with Crippen LogP contribution in [-0.2, 0) is 17.6 Å². The number of nitrogens with zero attached hydrogens (tertiary/aromatic N) is 2. The summed E-state index contributed by atoms with van der Waals surface area (Å²) in [5.74, 6) is 0.326. The summed E-state index contributed by atoms with van der Waals surface area (Å²) in [6.45, 7) is 3.84. The zero-order chi connectivity index (χ0) is 17.1. The fourth-order valence-corrected chi connectivity index (χ4v) is 3.32. The maximum Gasteiger partial charge on any atom is 0.224 e. The zero-order valence-electron chi connectivity index (χ0n) is 14.1. The molecule has 6 heteroatoms. The molecule has 0 radical (unpaired) electrons. The normalized spacial score (nSPS) is 21.1. The van der Waals surface area contributed by atoms with Crippen LogP contribution in [0, 0.1) is 19.8 Å². The van der Waals surface area contributed by atoms with Crippen LogP contribution in [0.25, 0.3) is 0 Å². The summed E-state index contributed by atoms with van der Waals surface area (Å²) < 4.78 is 0. The largest absolute Gasteiger partial charge is 0.393 e. The van der Waals surface area contributed by atoms with Crippen molar-refractivity contribution in [3.05, 3.63) is 47.0 Å². The molecule has 24 heavy (non-hydrogen) atoms. The van der Waals surface area contributed by atoms with Crippen LogP contribution in [0.1, 0.15) is 35.4 Å². The maximum absolute atomic E-state index is 12.5. The van der Waals surface area contributed by atoms with E-state index in [0.717, 1.165) is 41.8 Å². The number of aromatic nitrogens is 3. The molecule has 0 aromatic carbocycles. The lowest BCUT2D eigenvalue weighted by molar-refractivity contribution is -0.122. The smallest absolute Gasteiger partial charge is 0.224 e. The Morgan fingerprint density at radius 3 is 2.67 bits per heavy atom. The van der Waals surface area contributed by atoms with Gasteiger partial charge in [-0.1, -0.05) is 0 Å². The number of amides is 1. The van der Waals surface area contributed by atoms with Crippen molar-refractivity contribution < 1.29 is 9.90 Å². The molecule has 0 bridgehead atoms. The highest BCUT2D eigenvalue weighted by atomic mass is 16.3. The number of aliphatic hydroxyl groups excluding tert-OH is 1. The Balaban J connectivity index is 1.66. The topological polar surface area (TPSA) is 90.9 Å². The molecule has 0 unspecified atom stereocenters. The molecule has 2 aromatic heterocycles. The van der Waals surface area contributed by atoms with Crippen molar-refractivity contribution >= 4 is 5.91 Å². The average molecular weight is 328 g/mol.